The Kier molecular flexibility index (Phi) is 10.7. The molecule has 1 aromatic carbocycles. The number of carbonyl (C=O) groups is 5. The topological polar surface area (TPSA) is 150 Å². The lowest BCUT2D eigenvalue weighted by Gasteiger charge is -2.48. The summed E-state index contributed by atoms with van der Waals surface area (Å²) in [5.74, 6) is -1.41. The van der Waals surface area contributed by atoms with Crippen LogP contribution in [0.15, 0.2) is 41.8 Å². The van der Waals surface area contributed by atoms with Crippen molar-refractivity contribution in [2.45, 2.75) is 98.1 Å². The number of piperazine rings is 2. The average molecular weight is 819 g/mol. The standard InChI is InChI=1S/C41H51N7O5S3/c1-23-44-28(22-54-23)24-13-12-14-25(19-24)45-37(53)46-31-26(20-29(55-31)38(2,3)4)33(50)48(18-16-43-36(52)41(48,10)11)34-27(21-30(56-34)39(5,6)7)32(49)47-17-15-42-35(51)40(47,8)9/h12-14,19-22H,15-18H2,1-11H3,(H3-,42,43,45,46,50,51,52,53)/p+1. The Morgan fingerprint density at radius 1 is 0.857 bits per heavy atom. The van der Waals surface area contributed by atoms with Crippen molar-refractivity contribution in [1.29, 1.82) is 0 Å². The number of amides is 6. The maximum absolute atomic E-state index is 15.8. The number of thiophene rings is 2. The Morgan fingerprint density at radius 2 is 1.50 bits per heavy atom. The molecule has 1 atom stereocenters. The van der Waals surface area contributed by atoms with Crippen LogP contribution >= 0.6 is 34.0 Å². The van der Waals surface area contributed by atoms with Crippen molar-refractivity contribution in [2.75, 3.05) is 36.8 Å². The Bertz CT molecular complexity index is 2240. The number of carbonyl (C=O) groups excluding carboxylic acids is 5. The molecule has 2 saturated heterocycles. The minimum Gasteiger partial charge on any atom is -0.352 e. The van der Waals surface area contributed by atoms with E-state index < -0.39 is 32.9 Å². The molecule has 2 fully saturated rings. The first-order valence-electron chi connectivity index (χ1n) is 18.7. The number of anilines is 2. The number of quaternary nitrogens is 1. The smallest absolute Gasteiger partial charge is 0.352 e. The third-order valence-corrected chi connectivity index (χ3v) is 14.6. The van der Waals surface area contributed by atoms with Crippen LogP contribution in [0.5, 0.6) is 0 Å². The largest absolute Gasteiger partial charge is 0.355 e. The Morgan fingerprint density at radius 3 is 2.14 bits per heavy atom. The highest BCUT2D eigenvalue weighted by molar-refractivity contribution is 7.17. The van der Waals surface area contributed by atoms with Crippen LogP contribution in [0.4, 0.5) is 20.5 Å². The molecule has 12 nitrogen and oxygen atoms in total. The van der Waals surface area contributed by atoms with E-state index in [1.165, 1.54) is 22.7 Å². The zero-order valence-corrected chi connectivity index (χ0v) is 36.4. The second-order valence-corrected chi connectivity index (χ2v) is 20.7. The van der Waals surface area contributed by atoms with Crippen molar-refractivity contribution >= 4 is 79.4 Å². The zero-order chi connectivity index (χ0) is 41.2. The molecule has 2 aliphatic heterocycles. The van der Waals surface area contributed by atoms with E-state index in [0.29, 0.717) is 22.2 Å². The van der Waals surface area contributed by atoms with Gasteiger partial charge in [-0.25, -0.2) is 19.1 Å². The van der Waals surface area contributed by atoms with E-state index in [4.69, 9.17) is 0 Å². The van der Waals surface area contributed by atoms with Gasteiger partial charge in [-0.2, -0.15) is 0 Å². The van der Waals surface area contributed by atoms with Crippen molar-refractivity contribution in [2.24, 2.45) is 0 Å². The lowest BCUT2D eigenvalue weighted by molar-refractivity contribution is -0.133. The van der Waals surface area contributed by atoms with Gasteiger partial charge in [0.05, 0.1) is 17.2 Å². The fourth-order valence-electron chi connectivity index (χ4n) is 7.13. The molecule has 4 N–H and O–H groups in total. The number of aryl methyl sites for hydroxylation is 1. The van der Waals surface area contributed by atoms with Gasteiger partial charge in [-0.3, -0.25) is 19.7 Å². The normalized spacial score (nSPS) is 19.6. The monoisotopic (exact) mass is 818 g/mol. The molecule has 0 spiro atoms. The van der Waals surface area contributed by atoms with E-state index in [1.54, 1.807) is 50.0 Å². The summed E-state index contributed by atoms with van der Waals surface area (Å²) >= 11 is 4.21. The average Bonchev–Trinajstić information content (AvgIpc) is 3.86. The van der Waals surface area contributed by atoms with Gasteiger partial charge in [0.25, 0.3) is 11.8 Å². The number of thiazole rings is 1. The molecule has 1 unspecified atom stereocenters. The summed E-state index contributed by atoms with van der Waals surface area (Å²) in [6.45, 7) is 22.0. The van der Waals surface area contributed by atoms with Crippen LogP contribution < -0.4 is 25.8 Å². The number of benzene rings is 1. The van der Waals surface area contributed by atoms with Gasteiger partial charge in [0.15, 0.2) is 5.54 Å². The van der Waals surface area contributed by atoms with Crippen molar-refractivity contribution in [1.82, 2.24) is 25.0 Å². The number of urea groups is 1. The summed E-state index contributed by atoms with van der Waals surface area (Å²) in [5.41, 5.74) is -0.601. The van der Waals surface area contributed by atoms with Crippen LogP contribution in [0, 0.1) is 6.92 Å². The molecule has 298 valence electrons. The maximum atomic E-state index is 15.8. The highest BCUT2D eigenvalue weighted by Gasteiger charge is 2.62. The van der Waals surface area contributed by atoms with Crippen LogP contribution in [0.25, 0.3) is 11.3 Å². The summed E-state index contributed by atoms with van der Waals surface area (Å²) in [7, 11) is 0. The molecular weight excluding hydrogens is 767 g/mol. The van der Waals surface area contributed by atoms with Crippen LogP contribution in [0.2, 0.25) is 0 Å². The summed E-state index contributed by atoms with van der Waals surface area (Å²) in [4.78, 5) is 79.4. The first-order chi connectivity index (χ1) is 26.0. The van der Waals surface area contributed by atoms with E-state index in [0.717, 1.165) is 26.0 Å². The number of aromatic nitrogens is 1. The quantitative estimate of drug-likeness (QED) is 0.146. The molecule has 0 bridgehead atoms. The van der Waals surface area contributed by atoms with E-state index in [1.807, 2.05) is 84.2 Å². The molecular formula is C41H52N7O5S3+. The van der Waals surface area contributed by atoms with Crippen LogP contribution in [-0.2, 0) is 20.4 Å². The van der Waals surface area contributed by atoms with Gasteiger partial charge in [-0.15, -0.1) is 22.7 Å². The fraction of sp³-hybridized carbons (Fsp3) is 0.463. The summed E-state index contributed by atoms with van der Waals surface area (Å²) in [5, 5.41) is 15.4. The second kappa shape index (κ2) is 14.5. The van der Waals surface area contributed by atoms with Gasteiger partial charge in [-0.05, 0) is 55.9 Å². The van der Waals surface area contributed by atoms with Crippen molar-refractivity contribution in [3.8, 4) is 11.3 Å². The molecule has 15 heteroatoms. The summed E-state index contributed by atoms with van der Waals surface area (Å²) < 4.78 is -0.493. The van der Waals surface area contributed by atoms with Gasteiger partial charge in [-0.1, -0.05) is 65.0 Å². The Hall–Kier alpha value is -4.44. The molecule has 4 aromatic rings. The number of hydrogen-bond acceptors (Lipinski definition) is 9. The molecule has 6 rings (SSSR count). The van der Waals surface area contributed by atoms with Gasteiger partial charge in [0.2, 0.25) is 10.9 Å². The van der Waals surface area contributed by atoms with Crippen LogP contribution in [0.1, 0.15) is 105 Å². The molecule has 0 aliphatic carbocycles. The van der Waals surface area contributed by atoms with Gasteiger partial charge < -0.3 is 20.9 Å². The van der Waals surface area contributed by atoms with Crippen LogP contribution in [0.3, 0.4) is 0 Å². The molecule has 6 amide bonds. The lowest BCUT2D eigenvalue weighted by atomic mass is 9.90. The summed E-state index contributed by atoms with van der Waals surface area (Å²) in [6.07, 6.45) is 0. The van der Waals surface area contributed by atoms with E-state index in [2.05, 4.69) is 26.3 Å². The van der Waals surface area contributed by atoms with E-state index in [9.17, 15) is 19.2 Å². The molecule has 5 heterocycles. The maximum Gasteiger partial charge on any atom is 0.355 e. The molecule has 3 aromatic heterocycles. The van der Waals surface area contributed by atoms with Crippen molar-refractivity contribution < 1.29 is 24.0 Å². The molecule has 2 aliphatic rings. The third-order valence-electron chi connectivity index (χ3n) is 10.7. The first kappa shape index (κ1) is 41.2. The van der Waals surface area contributed by atoms with E-state index >= 15 is 4.79 Å². The Labute approximate surface area is 340 Å². The third kappa shape index (κ3) is 7.30. The van der Waals surface area contributed by atoms with Gasteiger partial charge in [0.1, 0.15) is 28.2 Å². The van der Waals surface area contributed by atoms with Crippen LogP contribution in [-0.4, -0.2) is 76.8 Å². The van der Waals surface area contributed by atoms with E-state index in [-0.39, 0.29) is 53.9 Å². The van der Waals surface area contributed by atoms with Gasteiger partial charge >= 0.3 is 11.9 Å². The number of rotatable bonds is 6. The zero-order valence-electron chi connectivity index (χ0n) is 34.0. The predicted molar refractivity (Wildman–Crippen MR) is 227 cm³/mol. The second-order valence-electron chi connectivity index (χ2n) is 17.5. The number of nitrogens with zero attached hydrogens (tertiary/aromatic N) is 3. The number of hydrogen-bond donors (Lipinski definition) is 4. The number of nitrogens with one attached hydrogen (secondary N) is 4. The minimum absolute atomic E-state index is 0.154. The predicted octanol–water partition coefficient (Wildman–Crippen LogP) is 7.89. The molecule has 0 radical (unpaired) electrons. The van der Waals surface area contributed by atoms with Crippen molar-refractivity contribution in [3.05, 3.63) is 67.7 Å². The highest BCUT2D eigenvalue weighted by atomic mass is 32.1. The molecule has 56 heavy (non-hydrogen) atoms. The summed E-state index contributed by atoms with van der Waals surface area (Å²) in [6, 6.07) is 10.5. The SMILES string of the molecule is Cc1nc(-c2cccc(NC(=O)Nc3sc(C(C)(C)C)cc3C(=O)[N+]3(c4sc(C(C)(C)C)cc4C(=O)N4CCNC(=O)C4(C)C)CCNC(=O)C3(C)C)c2)cs1. The van der Waals surface area contributed by atoms with Crippen molar-refractivity contribution in [3.63, 3.8) is 0 Å². The molecule has 0 saturated carbocycles. The fourth-order valence-corrected chi connectivity index (χ4v) is 10.4. The Balaban J connectivity index is 1.48. The lowest BCUT2D eigenvalue weighted by Crippen LogP contribution is -2.76. The van der Waals surface area contributed by atoms with Gasteiger partial charge in [0, 0.05) is 53.3 Å². The first-order valence-corrected chi connectivity index (χ1v) is 21.2. The minimum atomic E-state index is -1.39. The highest BCUT2D eigenvalue weighted by Crippen LogP contribution is 2.49.